The number of carbonyl (C=O) groups excluding carboxylic acids is 1. The molecule has 6 nitrogen and oxygen atoms in total. The van der Waals surface area contributed by atoms with Crippen molar-refractivity contribution in [3.63, 3.8) is 0 Å². The Morgan fingerprint density at radius 3 is 2.73 bits per heavy atom. The summed E-state index contributed by atoms with van der Waals surface area (Å²) in [4.78, 5) is 21.6. The number of aromatic nitrogens is 4. The van der Waals surface area contributed by atoms with Crippen LogP contribution in [0.2, 0.25) is 5.02 Å². The smallest absolute Gasteiger partial charge is 0.257 e. The maximum atomic E-state index is 12.5. The molecule has 0 aliphatic carbocycles. The lowest BCUT2D eigenvalue weighted by atomic mass is 10.1. The van der Waals surface area contributed by atoms with E-state index in [1.807, 2.05) is 19.1 Å². The molecule has 0 unspecified atom stereocenters. The fraction of sp³-hybridized carbons (Fsp3) is 0.211. The van der Waals surface area contributed by atoms with Crippen LogP contribution in [0.4, 0.5) is 5.69 Å². The minimum absolute atomic E-state index is 0.302. The number of hydrogen-bond acceptors (Lipinski definition) is 5. The molecule has 1 aromatic carbocycles. The quantitative estimate of drug-likeness (QED) is 0.744. The van der Waals surface area contributed by atoms with Gasteiger partial charge in [-0.1, -0.05) is 24.6 Å². The zero-order chi connectivity index (χ0) is 18.5. The van der Waals surface area contributed by atoms with Crippen molar-refractivity contribution >= 4 is 23.2 Å². The van der Waals surface area contributed by atoms with Gasteiger partial charge in [-0.05, 0) is 43.2 Å². The second-order valence-corrected chi connectivity index (χ2v) is 6.25. The van der Waals surface area contributed by atoms with E-state index in [1.54, 1.807) is 18.2 Å². The first-order valence-electron chi connectivity index (χ1n) is 8.25. The maximum Gasteiger partial charge on any atom is 0.257 e. The van der Waals surface area contributed by atoms with Crippen LogP contribution in [-0.4, -0.2) is 26.1 Å². The van der Waals surface area contributed by atoms with Gasteiger partial charge in [0.25, 0.3) is 5.91 Å². The van der Waals surface area contributed by atoms with Crippen molar-refractivity contribution in [2.75, 3.05) is 5.32 Å². The molecule has 2 heterocycles. The normalized spacial score (nSPS) is 10.6. The van der Waals surface area contributed by atoms with Crippen LogP contribution in [0.25, 0.3) is 0 Å². The molecule has 26 heavy (non-hydrogen) atoms. The molecule has 7 heteroatoms. The van der Waals surface area contributed by atoms with Crippen molar-refractivity contribution in [3.8, 4) is 0 Å². The number of anilines is 1. The van der Waals surface area contributed by atoms with Crippen molar-refractivity contribution in [1.29, 1.82) is 0 Å². The zero-order valence-corrected chi connectivity index (χ0v) is 15.3. The SMILES string of the molecule is CCc1cc(C)nc(Cc2ccc(Cl)c(C(=O)Nc3ccnnc3)c2)n1. The highest BCUT2D eigenvalue weighted by molar-refractivity contribution is 6.34. The Morgan fingerprint density at radius 1 is 1.15 bits per heavy atom. The van der Waals surface area contributed by atoms with Gasteiger partial charge in [-0.15, -0.1) is 0 Å². The summed E-state index contributed by atoms with van der Waals surface area (Å²) >= 11 is 6.21. The second kappa shape index (κ2) is 8.01. The number of rotatable bonds is 5. The van der Waals surface area contributed by atoms with Crippen LogP contribution in [0.15, 0.2) is 42.7 Å². The number of hydrogen-bond donors (Lipinski definition) is 1. The summed E-state index contributed by atoms with van der Waals surface area (Å²) in [7, 11) is 0. The topological polar surface area (TPSA) is 80.7 Å². The van der Waals surface area contributed by atoms with E-state index in [2.05, 4.69) is 32.4 Å². The van der Waals surface area contributed by atoms with Gasteiger partial charge in [0.1, 0.15) is 5.82 Å². The van der Waals surface area contributed by atoms with Gasteiger partial charge >= 0.3 is 0 Å². The number of nitrogens with zero attached hydrogens (tertiary/aromatic N) is 4. The van der Waals surface area contributed by atoms with E-state index in [0.717, 1.165) is 29.2 Å². The average Bonchev–Trinajstić information content (AvgIpc) is 2.63. The minimum atomic E-state index is -0.302. The summed E-state index contributed by atoms with van der Waals surface area (Å²) in [6.07, 6.45) is 4.37. The molecule has 0 atom stereocenters. The molecule has 0 saturated heterocycles. The average molecular weight is 368 g/mol. The summed E-state index contributed by atoms with van der Waals surface area (Å²) in [6.45, 7) is 4.01. The number of amides is 1. The third-order valence-corrected chi connectivity index (χ3v) is 4.13. The van der Waals surface area contributed by atoms with Crippen molar-refractivity contribution in [2.24, 2.45) is 0 Å². The molecule has 1 amide bonds. The van der Waals surface area contributed by atoms with Crippen LogP contribution in [0.5, 0.6) is 0 Å². The standard InChI is InChI=1S/C19H18ClN5O/c1-3-14-8-12(2)23-18(24-14)10-13-4-5-17(20)16(9-13)19(26)25-15-6-7-21-22-11-15/h4-9,11H,3,10H2,1-2H3,(H,21,25,26). The predicted molar refractivity (Wildman–Crippen MR) is 100 cm³/mol. The lowest BCUT2D eigenvalue weighted by molar-refractivity contribution is 0.102. The highest BCUT2D eigenvalue weighted by Gasteiger charge is 2.13. The van der Waals surface area contributed by atoms with E-state index in [0.29, 0.717) is 22.7 Å². The summed E-state index contributed by atoms with van der Waals surface area (Å²) in [5, 5.41) is 10.6. The number of aryl methyl sites for hydroxylation is 2. The molecule has 0 aliphatic heterocycles. The third kappa shape index (κ3) is 4.40. The van der Waals surface area contributed by atoms with E-state index in [9.17, 15) is 4.79 Å². The van der Waals surface area contributed by atoms with E-state index in [1.165, 1.54) is 12.4 Å². The van der Waals surface area contributed by atoms with Gasteiger partial charge in [-0.2, -0.15) is 10.2 Å². The molecule has 0 fully saturated rings. The maximum absolute atomic E-state index is 12.5. The summed E-state index contributed by atoms with van der Waals surface area (Å²) < 4.78 is 0. The van der Waals surface area contributed by atoms with Crippen LogP contribution in [-0.2, 0) is 12.8 Å². The van der Waals surface area contributed by atoms with Gasteiger partial charge in [0.15, 0.2) is 0 Å². The second-order valence-electron chi connectivity index (χ2n) is 5.85. The molecule has 3 aromatic rings. The Hall–Kier alpha value is -2.86. The number of carbonyl (C=O) groups is 1. The van der Waals surface area contributed by atoms with Gasteiger partial charge in [0.05, 0.1) is 28.7 Å². The van der Waals surface area contributed by atoms with Crippen LogP contribution in [0, 0.1) is 6.92 Å². The number of nitrogens with one attached hydrogen (secondary N) is 1. The first-order valence-corrected chi connectivity index (χ1v) is 8.63. The molecule has 2 aromatic heterocycles. The zero-order valence-electron chi connectivity index (χ0n) is 14.5. The lowest BCUT2D eigenvalue weighted by Crippen LogP contribution is -2.13. The van der Waals surface area contributed by atoms with Crippen molar-refractivity contribution < 1.29 is 4.79 Å². The molecule has 1 N–H and O–H groups in total. The Morgan fingerprint density at radius 2 is 2.00 bits per heavy atom. The Labute approximate surface area is 156 Å². The van der Waals surface area contributed by atoms with Gasteiger partial charge in [-0.25, -0.2) is 9.97 Å². The van der Waals surface area contributed by atoms with Crippen LogP contribution >= 0.6 is 11.6 Å². The van der Waals surface area contributed by atoms with Gasteiger partial charge < -0.3 is 5.32 Å². The Bertz CT molecular complexity index is 930. The first kappa shape index (κ1) is 17.9. The molecular weight excluding hydrogens is 350 g/mol. The fourth-order valence-electron chi connectivity index (χ4n) is 2.56. The van der Waals surface area contributed by atoms with E-state index < -0.39 is 0 Å². The Balaban J connectivity index is 1.83. The van der Waals surface area contributed by atoms with Gasteiger partial charge in [0, 0.05) is 17.8 Å². The highest BCUT2D eigenvalue weighted by atomic mass is 35.5. The molecule has 3 rings (SSSR count). The fourth-order valence-corrected chi connectivity index (χ4v) is 2.77. The van der Waals surface area contributed by atoms with Crippen molar-refractivity contribution in [2.45, 2.75) is 26.7 Å². The monoisotopic (exact) mass is 367 g/mol. The van der Waals surface area contributed by atoms with E-state index >= 15 is 0 Å². The van der Waals surface area contributed by atoms with E-state index in [-0.39, 0.29) is 5.91 Å². The predicted octanol–water partition coefficient (Wildman–Crippen LogP) is 3.63. The molecule has 0 aliphatic rings. The summed E-state index contributed by atoms with van der Waals surface area (Å²) in [5.74, 6) is 0.429. The first-order chi connectivity index (χ1) is 12.5. The third-order valence-electron chi connectivity index (χ3n) is 3.80. The van der Waals surface area contributed by atoms with Crippen molar-refractivity contribution in [3.05, 3.63) is 76.1 Å². The summed E-state index contributed by atoms with van der Waals surface area (Å²) in [6, 6.07) is 9.00. The molecule has 0 spiro atoms. The van der Waals surface area contributed by atoms with E-state index in [4.69, 9.17) is 11.6 Å². The van der Waals surface area contributed by atoms with Crippen LogP contribution < -0.4 is 5.32 Å². The Kier molecular flexibility index (Phi) is 5.53. The molecular formula is C19H18ClN5O. The number of halogens is 1. The molecule has 132 valence electrons. The van der Waals surface area contributed by atoms with Gasteiger partial charge in [-0.3, -0.25) is 4.79 Å². The largest absolute Gasteiger partial charge is 0.320 e. The van der Waals surface area contributed by atoms with Gasteiger partial charge in [0.2, 0.25) is 0 Å². The van der Waals surface area contributed by atoms with Crippen LogP contribution in [0.3, 0.4) is 0 Å². The highest BCUT2D eigenvalue weighted by Crippen LogP contribution is 2.20. The summed E-state index contributed by atoms with van der Waals surface area (Å²) in [5.41, 5.74) is 3.80. The van der Waals surface area contributed by atoms with Crippen molar-refractivity contribution in [1.82, 2.24) is 20.2 Å². The molecule has 0 radical (unpaired) electrons. The lowest BCUT2D eigenvalue weighted by Gasteiger charge is -2.09. The minimum Gasteiger partial charge on any atom is -0.320 e. The molecule has 0 bridgehead atoms. The molecule has 0 saturated carbocycles. The number of benzene rings is 1. The van der Waals surface area contributed by atoms with Crippen LogP contribution in [0.1, 0.15) is 40.1 Å².